The number of aliphatic imine (C=N–C) groups is 1. The van der Waals surface area contributed by atoms with E-state index in [4.69, 9.17) is 17.0 Å². The normalized spacial score (nSPS) is 12.9. The van der Waals surface area contributed by atoms with Crippen LogP contribution in [0.4, 0.5) is 5.69 Å². The monoisotopic (exact) mass is 435 g/mol. The number of aryl methyl sites for hydroxylation is 1. The molecule has 1 aliphatic heterocycles. The first kappa shape index (κ1) is 20.6. The van der Waals surface area contributed by atoms with E-state index in [0.29, 0.717) is 11.3 Å². The highest BCUT2D eigenvalue weighted by Crippen LogP contribution is 2.43. The summed E-state index contributed by atoms with van der Waals surface area (Å²) in [5.41, 5.74) is 11.9. The Morgan fingerprint density at radius 1 is 1.09 bits per heavy atom. The van der Waals surface area contributed by atoms with Gasteiger partial charge >= 0.3 is 0 Å². The largest absolute Gasteiger partial charge is 0.496 e. The Morgan fingerprint density at radius 3 is 2.67 bits per heavy atom. The lowest BCUT2D eigenvalue weighted by Gasteiger charge is -2.17. The number of Topliss-reactive ketones (excluding diaryl/α,β-unsaturated/α-hetero) is 1. The molecule has 0 unspecified atom stereocenters. The Kier molecular flexibility index (Phi) is 5.00. The molecule has 0 radical (unpaired) electrons. The van der Waals surface area contributed by atoms with E-state index in [9.17, 15) is 4.79 Å². The molecule has 5 rings (SSSR count). The Hall–Kier alpha value is -4.28. The van der Waals surface area contributed by atoms with E-state index < -0.39 is 0 Å². The van der Waals surface area contributed by atoms with E-state index in [0.717, 1.165) is 50.2 Å². The van der Waals surface area contributed by atoms with Crippen molar-refractivity contribution in [2.24, 2.45) is 17.8 Å². The molecular formula is C26H21N5O2. The Bertz CT molecular complexity index is 1510. The third-order valence-corrected chi connectivity index (χ3v) is 6.07. The minimum atomic E-state index is -0.0149. The molecular weight excluding hydrogens is 414 g/mol. The van der Waals surface area contributed by atoms with Crippen LogP contribution in [-0.2, 0) is 7.05 Å². The van der Waals surface area contributed by atoms with Crippen molar-refractivity contribution in [2.75, 3.05) is 20.2 Å². The van der Waals surface area contributed by atoms with Crippen LogP contribution in [0.1, 0.15) is 15.9 Å². The Labute approximate surface area is 190 Å². The maximum Gasteiger partial charge on any atom is 0.204 e. The van der Waals surface area contributed by atoms with Gasteiger partial charge in [0.2, 0.25) is 5.69 Å². The zero-order valence-corrected chi connectivity index (χ0v) is 18.3. The molecule has 0 spiro atoms. The smallest absolute Gasteiger partial charge is 0.204 e. The molecule has 0 atom stereocenters. The zero-order valence-electron chi connectivity index (χ0n) is 18.3. The van der Waals surface area contributed by atoms with Crippen molar-refractivity contribution in [3.63, 3.8) is 0 Å². The fourth-order valence-electron chi connectivity index (χ4n) is 4.48. The summed E-state index contributed by atoms with van der Waals surface area (Å²) in [6.45, 7) is 8.32. The number of carbonyl (C=O) groups excluding carboxylic acids is 1. The number of carbonyl (C=O) groups is 1. The molecule has 1 aliphatic rings. The van der Waals surface area contributed by atoms with E-state index in [1.54, 1.807) is 18.0 Å². The number of nitrogens with two attached hydrogens (primary N) is 1. The van der Waals surface area contributed by atoms with Crippen LogP contribution in [0.5, 0.6) is 5.75 Å². The summed E-state index contributed by atoms with van der Waals surface area (Å²) < 4.78 is 7.26. The molecule has 33 heavy (non-hydrogen) atoms. The van der Waals surface area contributed by atoms with Crippen LogP contribution >= 0.6 is 0 Å². The van der Waals surface area contributed by atoms with E-state index in [-0.39, 0.29) is 18.9 Å². The van der Waals surface area contributed by atoms with Crippen LogP contribution in [0.3, 0.4) is 0 Å². The standard InChI is InChI=1S/C26H21N5O2/c1-28-25-18-5-4-6-24(33-3)17(18)9-10-19(25)26-21(13-30-31(26)2)15-7-8-16-20(11-15)22(12-27)29-14-23(16)32/h4-11,13H,12,14,27H2,2-3H3. The highest BCUT2D eigenvalue weighted by Gasteiger charge is 2.23. The number of benzene rings is 3. The van der Waals surface area contributed by atoms with Crippen molar-refractivity contribution in [1.29, 1.82) is 0 Å². The average molecular weight is 435 g/mol. The molecule has 1 aromatic heterocycles. The maximum atomic E-state index is 12.3. The van der Waals surface area contributed by atoms with E-state index >= 15 is 0 Å². The third kappa shape index (κ3) is 3.20. The molecule has 2 N–H and O–H groups in total. The van der Waals surface area contributed by atoms with Crippen LogP contribution in [0.25, 0.3) is 38.0 Å². The molecule has 0 fully saturated rings. The summed E-state index contributed by atoms with van der Waals surface area (Å²) in [6.07, 6.45) is 1.78. The van der Waals surface area contributed by atoms with Gasteiger partial charge in [-0.15, -0.1) is 0 Å². The molecule has 162 valence electrons. The second kappa shape index (κ2) is 8.01. The van der Waals surface area contributed by atoms with Gasteiger partial charge in [-0.2, -0.15) is 5.10 Å². The maximum absolute atomic E-state index is 12.3. The molecule has 0 aliphatic carbocycles. The fourth-order valence-corrected chi connectivity index (χ4v) is 4.48. The molecule has 2 heterocycles. The SMILES string of the molecule is [C-]#[N+]c1c(-c2c(-c3ccc4c(c3)C(CN)=NCC4=O)cnn2C)ccc2c(OC)cccc12. The first-order valence-electron chi connectivity index (χ1n) is 10.5. The number of fused-ring (bicyclic) bond motifs is 2. The minimum absolute atomic E-state index is 0.0149. The molecule has 4 aromatic rings. The second-order valence-corrected chi connectivity index (χ2v) is 7.81. The van der Waals surface area contributed by atoms with Crippen LogP contribution in [-0.4, -0.2) is 41.5 Å². The zero-order chi connectivity index (χ0) is 23.1. The number of ketones is 1. The number of methoxy groups -OCH3 is 1. The average Bonchev–Trinajstić information content (AvgIpc) is 3.23. The van der Waals surface area contributed by atoms with Crippen LogP contribution < -0.4 is 10.5 Å². The summed E-state index contributed by atoms with van der Waals surface area (Å²) >= 11 is 0. The van der Waals surface area contributed by atoms with Gasteiger partial charge in [-0.3, -0.25) is 14.5 Å². The highest BCUT2D eigenvalue weighted by molar-refractivity contribution is 6.16. The molecule has 0 saturated heterocycles. The van der Waals surface area contributed by atoms with Gasteiger partial charge in [0, 0.05) is 41.2 Å². The van der Waals surface area contributed by atoms with Crippen molar-refractivity contribution in [1.82, 2.24) is 9.78 Å². The van der Waals surface area contributed by atoms with Gasteiger partial charge in [0.05, 0.1) is 31.3 Å². The van der Waals surface area contributed by atoms with Gasteiger partial charge < -0.3 is 10.5 Å². The van der Waals surface area contributed by atoms with Gasteiger partial charge in [-0.1, -0.05) is 36.4 Å². The van der Waals surface area contributed by atoms with Crippen molar-refractivity contribution < 1.29 is 9.53 Å². The lowest BCUT2D eigenvalue weighted by Crippen LogP contribution is -2.24. The number of rotatable bonds is 4. The predicted molar refractivity (Wildman–Crippen MR) is 129 cm³/mol. The third-order valence-electron chi connectivity index (χ3n) is 6.07. The van der Waals surface area contributed by atoms with Gasteiger partial charge in [-0.25, -0.2) is 4.85 Å². The fraction of sp³-hybridized carbons (Fsp3) is 0.154. The Balaban J connectivity index is 1.73. The summed E-state index contributed by atoms with van der Waals surface area (Å²) in [7, 11) is 3.48. The number of nitrogens with zero attached hydrogens (tertiary/aromatic N) is 4. The number of ether oxygens (including phenoxy) is 1. The summed E-state index contributed by atoms with van der Waals surface area (Å²) in [5.74, 6) is 0.709. The molecule has 7 nitrogen and oxygen atoms in total. The first-order valence-corrected chi connectivity index (χ1v) is 10.5. The van der Waals surface area contributed by atoms with Crippen LogP contribution in [0.2, 0.25) is 0 Å². The second-order valence-electron chi connectivity index (χ2n) is 7.81. The highest BCUT2D eigenvalue weighted by atomic mass is 16.5. The lowest BCUT2D eigenvalue weighted by atomic mass is 9.91. The van der Waals surface area contributed by atoms with E-state index in [1.807, 2.05) is 55.6 Å². The van der Waals surface area contributed by atoms with Gasteiger partial charge in [0.1, 0.15) is 12.3 Å². The quantitative estimate of drug-likeness (QED) is 0.481. The summed E-state index contributed by atoms with van der Waals surface area (Å²) in [4.78, 5) is 20.6. The minimum Gasteiger partial charge on any atom is -0.496 e. The van der Waals surface area contributed by atoms with Gasteiger partial charge in [-0.05, 0) is 23.1 Å². The van der Waals surface area contributed by atoms with E-state index in [2.05, 4.69) is 14.9 Å². The summed E-state index contributed by atoms with van der Waals surface area (Å²) in [5, 5.41) is 6.20. The topological polar surface area (TPSA) is 86.9 Å². The van der Waals surface area contributed by atoms with Crippen LogP contribution in [0.15, 0.2) is 59.7 Å². The molecule has 0 amide bonds. The predicted octanol–water partition coefficient (Wildman–Crippen LogP) is 4.41. The van der Waals surface area contributed by atoms with Crippen molar-refractivity contribution in [3.05, 3.63) is 77.3 Å². The molecule has 0 bridgehead atoms. The van der Waals surface area contributed by atoms with Gasteiger partial charge in [0.25, 0.3) is 0 Å². The Morgan fingerprint density at radius 2 is 1.91 bits per heavy atom. The molecule has 0 saturated carbocycles. The molecule has 3 aromatic carbocycles. The van der Waals surface area contributed by atoms with Crippen molar-refractivity contribution in [3.8, 4) is 28.1 Å². The number of aromatic nitrogens is 2. The summed E-state index contributed by atoms with van der Waals surface area (Å²) in [6, 6.07) is 15.3. The number of hydrogen-bond donors (Lipinski definition) is 1. The van der Waals surface area contributed by atoms with Crippen molar-refractivity contribution >= 4 is 28.0 Å². The van der Waals surface area contributed by atoms with Gasteiger partial charge in [0.15, 0.2) is 5.78 Å². The number of hydrogen-bond acceptors (Lipinski definition) is 5. The molecule has 7 heteroatoms. The van der Waals surface area contributed by atoms with E-state index in [1.165, 1.54) is 0 Å². The first-order chi connectivity index (χ1) is 16.1. The van der Waals surface area contributed by atoms with Crippen molar-refractivity contribution in [2.45, 2.75) is 0 Å². The lowest BCUT2D eigenvalue weighted by molar-refractivity contribution is 0.1000. The van der Waals surface area contributed by atoms with Crippen LogP contribution in [0, 0.1) is 6.57 Å².